The van der Waals surface area contributed by atoms with E-state index in [0.717, 1.165) is 0 Å². The van der Waals surface area contributed by atoms with Crippen LogP contribution in [0.2, 0.25) is 0 Å². The van der Waals surface area contributed by atoms with Crippen molar-refractivity contribution in [2.75, 3.05) is 0 Å². The van der Waals surface area contributed by atoms with Crippen molar-refractivity contribution in [3.8, 4) is 0 Å². The molecule has 0 saturated carbocycles. The van der Waals surface area contributed by atoms with Gasteiger partial charge >= 0.3 is 0 Å². The highest BCUT2D eigenvalue weighted by Crippen LogP contribution is 2.13. The van der Waals surface area contributed by atoms with Gasteiger partial charge in [-0.3, -0.25) is 9.59 Å². The van der Waals surface area contributed by atoms with Crippen LogP contribution >= 0.6 is 0 Å². The minimum atomic E-state index is -0.841. The molecule has 4 heteroatoms. The first-order chi connectivity index (χ1) is 5.38. The van der Waals surface area contributed by atoms with Gasteiger partial charge in [-0.2, -0.15) is 0 Å². The molecule has 1 aromatic rings. The number of rotatable bonds is 4. The van der Waals surface area contributed by atoms with Gasteiger partial charge in [-0.25, -0.2) is 0 Å². The fourth-order valence-corrected chi connectivity index (χ4v) is 0.686. The first-order valence-corrected chi connectivity index (χ1v) is 2.95. The Morgan fingerprint density at radius 1 is 1.55 bits per heavy atom. The lowest BCUT2D eigenvalue weighted by molar-refractivity contribution is -0.139. The summed E-state index contributed by atoms with van der Waals surface area (Å²) in [6, 6.07) is 1.56. The molecule has 0 N–H and O–H groups in total. The lowest BCUT2D eigenvalue weighted by atomic mass is 10.2. The summed E-state index contributed by atoms with van der Waals surface area (Å²) in [5, 5.41) is 0. The minimum Gasteiger partial charge on any atom is -0.472 e. The first kappa shape index (κ1) is 7.53. The van der Waals surface area contributed by atoms with Gasteiger partial charge in [-0.15, -0.1) is 0 Å². The maximum absolute atomic E-state index is 10.3. The summed E-state index contributed by atoms with van der Waals surface area (Å²) in [7, 11) is 0. The van der Waals surface area contributed by atoms with Gasteiger partial charge in [0.15, 0.2) is 12.4 Å². The van der Waals surface area contributed by atoms with Crippen molar-refractivity contribution in [3.05, 3.63) is 24.2 Å². The highest BCUT2D eigenvalue weighted by molar-refractivity contribution is 5.61. The zero-order valence-electron chi connectivity index (χ0n) is 5.60. The number of carbonyl (C=O) groups excluding carboxylic acids is 2. The molecule has 0 saturated heterocycles. The molecule has 0 fully saturated rings. The van der Waals surface area contributed by atoms with Crippen LogP contribution in [0.3, 0.4) is 0 Å². The normalized spacial score (nSPS) is 12.0. The average Bonchev–Trinajstić information content (AvgIpc) is 2.52. The third-order valence-corrected chi connectivity index (χ3v) is 1.20. The first-order valence-electron chi connectivity index (χ1n) is 2.95. The van der Waals surface area contributed by atoms with E-state index in [2.05, 4.69) is 9.15 Å². The van der Waals surface area contributed by atoms with Crippen molar-refractivity contribution in [1.29, 1.82) is 0 Å². The smallest absolute Gasteiger partial charge is 0.294 e. The molecule has 0 bridgehead atoms. The minimum absolute atomic E-state index is 0.228. The van der Waals surface area contributed by atoms with Crippen LogP contribution in [0.15, 0.2) is 23.0 Å². The third-order valence-electron chi connectivity index (χ3n) is 1.20. The number of aldehydes is 1. The predicted molar refractivity (Wildman–Crippen MR) is 34.7 cm³/mol. The maximum atomic E-state index is 10.3. The van der Waals surface area contributed by atoms with E-state index in [9.17, 15) is 9.59 Å². The molecule has 1 rings (SSSR count). The molecule has 1 atom stereocenters. The summed E-state index contributed by atoms with van der Waals surface area (Å²) in [5.74, 6) is 0. The fourth-order valence-electron chi connectivity index (χ4n) is 0.686. The van der Waals surface area contributed by atoms with E-state index in [0.29, 0.717) is 11.8 Å². The summed E-state index contributed by atoms with van der Waals surface area (Å²) >= 11 is 0. The topological polar surface area (TPSA) is 56.5 Å². The van der Waals surface area contributed by atoms with Gasteiger partial charge in [0.2, 0.25) is 0 Å². The van der Waals surface area contributed by atoms with E-state index in [1.54, 1.807) is 6.07 Å². The van der Waals surface area contributed by atoms with Crippen LogP contribution in [0.5, 0.6) is 0 Å². The molecule has 11 heavy (non-hydrogen) atoms. The van der Waals surface area contributed by atoms with Crippen LogP contribution in [0.1, 0.15) is 11.7 Å². The highest BCUT2D eigenvalue weighted by atomic mass is 16.5. The molecule has 0 aliphatic heterocycles. The molecule has 58 valence electrons. The molecule has 4 nitrogen and oxygen atoms in total. The number of hydrogen-bond acceptors (Lipinski definition) is 4. The Balaban J connectivity index is 2.70. The van der Waals surface area contributed by atoms with Gasteiger partial charge in [0.1, 0.15) is 0 Å². The lowest BCUT2D eigenvalue weighted by Crippen LogP contribution is -2.02. The van der Waals surface area contributed by atoms with Crippen LogP contribution in [-0.4, -0.2) is 12.8 Å². The Labute approximate surface area is 62.8 Å². The quantitative estimate of drug-likeness (QED) is 0.599. The van der Waals surface area contributed by atoms with E-state index in [4.69, 9.17) is 0 Å². The molecule has 1 unspecified atom stereocenters. The summed E-state index contributed by atoms with van der Waals surface area (Å²) in [6.07, 6.45) is 2.44. The fraction of sp³-hybridized carbons (Fsp3) is 0.143. The molecule has 1 aromatic heterocycles. The summed E-state index contributed by atoms with van der Waals surface area (Å²) in [4.78, 5) is 20.1. The summed E-state index contributed by atoms with van der Waals surface area (Å²) in [6.45, 7) is 0.228. The molecule has 0 aliphatic carbocycles. The van der Waals surface area contributed by atoms with Gasteiger partial charge in [-0.05, 0) is 6.07 Å². The predicted octanol–water partition coefficient (Wildman–Crippen LogP) is 0.693. The Bertz CT molecular complexity index is 227. The molecule has 0 amide bonds. The Morgan fingerprint density at radius 3 is 2.82 bits per heavy atom. The highest BCUT2D eigenvalue weighted by Gasteiger charge is 2.10. The molecule has 0 radical (unpaired) electrons. The molecule has 0 aliphatic rings. The number of ether oxygens (including phenoxy) is 1. The number of carbonyl (C=O) groups is 2. The number of hydrogen-bond donors (Lipinski definition) is 0. The van der Waals surface area contributed by atoms with Crippen LogP contribution in [0.4, 0.5) is 0 Å². The van der Waals surface area contributed by atoms with Gasteiger partial charge in [0, 0.05) is 5.56 Å². The zero-order valence-corrected chi connectivity index (χ0v) is 5.60. The largest absolute Gasteiger partial charge is 0.472 e. The van der Waals surface area contributed by atoms with E-state index in [-0.39, 0.29) is 6.47 Å². The second kappa shape index (κ2) is 3.55. The van der Waals surface area contributed by atoms with E-state index in [1.807, 2.05) is 0 Å². The van der Waals surface area contributed by atoms with Crippen molar-refractivity contribution in [2.24, 2.45) is 0 Å². The Morgan fingerprint density at radius 2 is 2.36 bits per heavy atom. The van der Waals surface area contributed by atoms with E-state index >= 15 is 0 Å². The molecule has 1 heterocycles. The average molecular weight is 154 g/mol. The molecule has 0 aromatic carbocycles. The van der Waals surface area contributed by atoms with Crippen LogP contribution in [0, 0.1) is 0 Å². The van der Waals surface area contributed by atoms with Crippen molar-refractivity contribution in [1.82, 2.24) is 0 Å². The van der Waals surface area contributed by atoms with Crippen molar-refractivity contribution in [2.45, 2.75) is 6.10 Å². The molecular formula is C7H6O4. The van der Waals surface area contributed by atoms with Gasteiger partial charge in [0.25, 0.3) is 6.47 Å². The van der Waals surface area contributed by atoms with Crippen molar-refractivity contribution < 1.29 is 18.7 Å². The van der Waals surface area contributed by atoms with E-state index < -0.39 is 6.10 Å². The summed E-state index contributed by atoms with van der Waals surface area (Å²) < 4.78 is 9.12. The van der Waals surface area contributed by atoms with Crippen molar-refractivity contribution in [3.63, 3.8) is 0 Å². The van der Waals surface area contributed by atoms with Crippen LogP contribution in [-0.2, 0) is 14.3 Å². The van der Waals surface area contributed by atoms with E-state index in [1.165, 1.54) is 12.5 Å². The van der Waals surface area contributed by atoms with Gasteiger partial charge < -0.3 is 9.15 Å². The van der Waals surface area contributed by atoms with Crippen LogP contribution in [0.25, 0.3) is 0 Å². The van der Waals surface area contributed by atoms with Crippen molar-refractivity contribution >= 4 is 12.8 Å². The Hall–Kier alpha value is -1.58. The van der Waals surface area contributed by atoms with Gasteiger partial charge in [0.05, 0.1) is 12.5 Å². The Kier molecular flexibility index (Phi) is 2.43. The monoisotopic (exact) mass is 154 g/mol. The number of furan rings is 1. The standard InChI is InChI=1S/C7H6O4/c8-3-7(11-5-9)6-1-2-10-4-6/h1-5,7H. The zero-order chi connectivity index (χ0) is 8.10. The van der Waals surface area contributed by atoms with Crippen LogP contribution < -0.4 is 0 Å². The second-order valence-corrected chi connectivity index (χ2v) is 1.85. The van der Waals surface area contributed by atoms with Gasteiger partial charge in [-0.1, -0.05) is 0 Å². The molecular weight excluding hydrogens is 148 g/mol. The summed E-state index contributed by atoms with van der Waals surface area (Å²) in [5.41, 5.74) is 0.534. The lowest BCUT2D eigenvalue weighted by Gasteiger charge is -2.02. The molecule has 0 spiro atoms. The maximum Gasteiger partial charge on any atom is 0.294 e. The third kappa shape index (κ3) is 1.67. The SMILES string of the molecule is O=COC(C=O)c1ccoc1. The second-order valence-electron chi connectivity index (χ2n) is 1.85.